The van der Waals surface area contributed by atoms with Gasteiger partial charge in [-0.2, -0.15) is 0 Å². The van der Waals surface area contributed by atoms with Crippen molar-refractivity contribution in [3.8, 4) is 0 Å². The van der Waals surface area contributed by atoms with E-state index in [0.29, 0.717) is 12.1 Å². The van der Waals surface area contributed by atoms with Crippen LogP contribution in [0.3, 0.4) is 0 Å². The molecule has 145 valence electrons. The zero-order valence-corrected chi connectivity index (χ0v) is 17.6. The van der Waals surface area contributed by atoms with Crippen LogP contribution < -0.4 is 0 Å². The minimum Gasteiger partial charge on any atom is -0.309 e. The van der Waals surface area contributed by atoms with Gasteiger partial charge >= 0.3 is 22.2 Å². The molecule has 0 atom stereocenters. The minimum atomic E-state index is 0. The van der Waals surface area contributed by atoms with Crippen molar-refractivity contribution in [2.45, 2.75) is 83.2 Å². The number of pyridine rings is 1. The molecule has 0 aliphatic heterocycles. The zero-order chi connectivity index (χ0) is 17.5. The van der Waals surface area contributed by atoms with Crippen molar-refractivity contribution in [1.82, 2.24) is 9.88 Å². The number of nitrogens with zero attached hydrogens (tertiary/aromatic N) is 4. The normalized spacial score (nSPS) is 20.5. The molecule has 1 aromatic heterocycles. The van der Waals surface area contributed by atoms with Crippen molar-refractivity contribution in [3.05, 3.63) is 30.1 Å². The van der Waals surface area contributed by atoms with Crippen LogP contribution in [-0.4, -0.2) is 32.8 Å². The van der Waals surface area contributed by atoms with Crippen LogP contribution in [-0.2, 0) is 29.7 Å². The smallest absolute Gasteiger partial charge is 0.309 e. The van der Waals surface area contributed by atoms with E-state index in [0.717, 1.165) is 16.6 Å². The van der Waals surface area contributed by atoms with Gasteiger partial charge in [0.15, 0.2) is 0 Å². The molecule has 2 aliphatic carbocycles. The predicted molar refractivity (Wildman–Crippen MR) is 110 cm³/mol. The first-order chi connectivity index (χ1) is 12.3. The molecule has 3 rings (SSSR count). The molecule has 4 nitrogen and oxygen atoms in total. The molecule has 2 fully saturated rings. The summed E-state index contributed by atoms with van der Waals surface area (Å²) in [5, 5.41) is 9.91. The Kier molecular flexibility index (Phi) is 9.17. The molecule has 2 saturated carbocycles. The van der Waals surface area contributed by atoms with Crippen LogP contribution in [0.5, 0.6) is 0 Å². The largest absolute Gasteiger partial charge is 2.00 e. The minimum absolute atomic E-state index is 0. The van der Waals surface area contributed by atoms with E-state index < -0.39 is 0 Å². The fourth-order valence-electron chi connectivity index (χ4n) is 4.16. The number of amidine groups is 1. The van der Waals surface area contributed by atoms with E-state index in [2.05, 4.69) is 32.7 Å². The third-order valence-corrected chi connectivity index (χ3v) is 5.87. The fourth-order valence-corrected chi connectivity index (χ4v) is 4.58. The Morgan fingerprint density at radius 3 is 2.04 bits per heavy atom. The van der Waals surface area contributed by atoms with Crippen LogP contribution >= 0.6 is 0 Å². The summed E-state index contributed by atoms with van der Waals surface area (Å²) in [5.41, 5.74) is 1.73. The number of rotatable bonds is 4. The summed E-state index contributed by atoms with van der Waals surface area (Å²) >= 11 is 3.82. The Balaban J connectivity index is 0.00000243. The maximum Gasteiger partial charge on any atom is 2.00 e. The van der Waals surface area contributed by atoms with Gasteiger partial charge in [-0.3, -0.25) is 4.98 Å². The topological polar surface area (TPSA) is 40.9 Å². The van der Waals surface area contributed by atoms with E-state index in [1.165, 1.54) is 64.2 Å². The van der Waals surface area contributed by atoms with Crippen LogP contribution in [0, 0.1) is 0 Å². The maximum atomic E-state index is 4.56. The third-order valence-electron chi connectivity index (χ3n) is 5.51. The summed E-state index contributed by atoms with van der Waals surface area (Å²) in [5.74, 6) is 0. The molecule has 2 aliphatic rings. The van der Waals surface area contributed by atoms with Crippen LogP contribution in [0.4, 0.5) is 0 Å². The van der Waals surface area contributed by atoms with E-state index >= 15 is 0 Å². The Morgan fingerprint density at radius 2 is 1.54 bits per heavy atom. The van der Waals surface area contributed by atoms with E-state index in [1.807, 2.05) is 25.1 Å². The van der Waals surface area contributed by atoms with Crippen LogP contribution in [0.15, 0.2) is 34.6 Å². The number of hydrogen-bond acceptors (Lipinski definition) is 3. The molecule has 26 heavy (non-hydrogen) atoms. The maximum absolute atomic E-state index is 4.56. The summed E-state index contributed by atoms with van der Waals surface area (Å²) in [6, 6.07) is 7.10. The summed E-state index contributed by atoms with van der Waals surface area (Å²) in [4.78, 5) is 6.90. The number of hydrogen-bond donors (Lipinski definition) is 0. The first-order valence-electron chi connectivity index (χ1n) is 9.79. The van der Waals surface area contributed by atoms with Gasteiger partial charge in [-0.25, -0.2) is 0 Å². The van der Waals surface area contributed by atoms with Crippen LogP contribution in [0.25, 0.3) is 0 Å². The van der Waals surface area contributed by atoms with Gasteiger partial charge in [-0.1, -0.05) is 49.7 Å². The molecule has 1 radical (unpaired) electrons. The van der Waals surface area contributed by atoms with E-state index in [-0.39, 0.29) is 17.1 Å². The van der Waals surface area contributed by atoms with Crippen LogP contribution in [0.2, 0.25) is 0 Å². The molecular formula is C20H31CuN4S+3. The SMILES string of the molecule is CC(=NN=C([SH2+])N(C1CCCCC1)C1CCCCC1)c1ccccn1.[Cu+2]. The molecular weight excluding hydrogens is 392 g/mol. The van der Waals surface area contributed by atoms with Gasteiger partial charge in [0, 0.05) is 30.9 Å². The second-order valence-electron chi connectivity index (χ2n) is 7.31. The third kappa shape index (κ3) is 5.83. The molecule has 0 N–H and O–H groups in total. The fraction of sp³-hybridized carbons (Fsp3) is 0.650. The summed E-state index contributed by atoms with van der Waals surface area (Å²) in [6.07, 6.45) is 15.0. The molecule has 0 bridgehead atoms. The van der Waals surface area contributed by atoms with Gasteiger partial charge in [-0.15, -0.1) is 5.10 Å². The van der Waals surface area contributed by atoms with Gasteiger partial charge in [0.2, 0.25) is 0 Å². The summed E-state index contributed by atoms with van der Waals surface area (Å²) in [6.45, 7) is 1.97. The standard InChI is InChI=1S/C20H30N4S.Cu/c1-16(19-14-8-9-15-21-19)22-23-20(25)24(17-10-4-2-5-11-17)18-12-6-3-7-13-18;/h8-9,14-15,17-18H,2-7,10-13H2,1H3,(H,23,25);/q;+2/p+1. The number of aromatic nitrogens is 1. The monoisotopic (exact) mass is 422 g/mol. The summed E-state index contributed by atoms with van der Waals surface area (Å²) < 4.78 is 0. The van der Waals surface area contributed by atoms with Crippen molar-refractivity contribution in [2.24, 2.45) is 10.2 Å². The quantitative estimate of drug-likeness (QED) is 0.240. The Bertz CT molecular complexity index is 575. The predicted octanol–water partition coefficient (Wildman–Crippen LogP) is 4.14. The Hall–Kier alpha value is -0.841. The second kappa shape index (κ2) is 11.1. The average Bonchev–Trinajstić information content (AvgIpc) is 2.69. The van der Waals surface area contributed by atoms with Gasteiger partial charge in [-0.05, 0) is 44.7 Å². The molecule has 1 aromatic rings. The van der Waals surface area contributed by atoms with Gasteiger partial charge < -0.3 is 4.90 Å². The molecule has 0 aromatic carbocycles. The van der Waals surface area contributed by atoms with E-state index in [9.17, 15) is 0 Å². The van der Waals surface area contributed by atoms with Gasteiger partial charge in [0.05, 0.1) is 11.4 Å². The van der Waals surface area contributed by atoms with Crippen molar-refractivity contribution in [3.63, 3.8) is 0 Å². The van der Waals surface area contributed by atoms with Crippen molar-refractivity contribution >= 4 is 23.5 Å². The molecule has 0 unspecified atom stereocenters. The molecule has 6 heteroatoms. The van der Waals surface area contributed by atoms with E-state index in [4.69, 9.17) is 0 Å². The first kappa shape index (κ1) is 21.5. The van der Waals surface area contributed by atoms with Crippen molar-refractivity contribution in [1.29, 1.82) is 0 Å². The molecule has 0 spiro atoms. The Morgan fingerprint density at radius 1 is 0.962 bits per heavy atom. The average molecular weight is 423 g/mol. The summed E-state index contributed by atoms with van der Waals surface area (Å²) in [7, 11) is 0. The molecule has 0 amide bonds. The van der Waals surface area contributed by atoms with Crippen LogP contribution in [0.1, 0.15) is 76.8 Å². The first-order valence-corrected chi connectivity index (χ1v) is 10.3. The zero-order valence-electron chi connectivity index (χ0n) is 15.6. The Labute approximate surface area is 173 Å². The van der Waals surface area contributed by atoms with Gasteiger partial charge in [0.1, 0.15) is 0 Å². The second-order valence-corrected chi connectivity index (χ2v) is 7.76. The molecule has 1 heterocycles. The van der Waals surface area contributed by atoms with Crippen molar-refractivity contribution in [2.75, 3.05) is 0 Å². The molecule has 0 saturated heterocycles. The van der Waals surface area contributed by atoms with Gasteiger partial charge in [0.25, 0.3) is 0 Å². The van der Waals surface area contributed by atoms with Crippen molar-refractivity contribution < 1.29 is 17.1 Å². The van der Waals surface area contributed by atoms with E-state index in [1.54, 1.807) is 6.20 Å².